The fraction of sp³-hybridized carbons (Fsp3) is 0.391. The highest BCUT2D eigenvalue weighted by molar-refractivity contribution is 5.99. The number of rotatable bonds is 10. The standard InChI is InChI=1S/C23H29N3O3/c1-3-13-24-22(27)17-9-7-10-18(16-17)25-21-19-11-5-6-12-20(19)23(28)26(21)14-8-15-29-4-2/h5-7,9-12,16,21,25H,3-4,8,13-15H2,1-2H3,(H,24,27)/t21-/m1/s1. The molecule has 1 aliphatic heterocycles. The van der Waals surface area contributed by atoms with Crippen molar-refractivity contribution in [3.05, 3.63) is 65.2 Å². The van der Waals surface area contributed by atoms with Crippen LogP contribution in [0.15, 0.2) is 48.5 Å². The number of hydrogen-bond acceptors (Lipinski definition) is 4. The van der Waals surface area contributed by atoms with Gasteiger partial charge in [0.2, 0.25) is 0 Å². The first-order chi connectivity index (χ1) is 14.2. The van der Waals surface area contributed by atoms with Crippen LogP contribution in [-0.2, 0) is 4.74 Å². The summed E-state index contributed by atoms with van der Waals surface area (Å²) < 4.78 is 5.43. The fourth-order valence-corrected chi connectivity index (χ4v) is 3.49. The molecule has 0 saturated carbocycles. The highest BCUT2D eigenvalue weighted by Crippen LogP contribution is 2.34. The molecule has 6 heteroatoms. The van der Waals surface area contributed by atoms with Crippen molar-refractivity contribution in [1.82, 2.24) is 10.2 Å². The summed E-state index contributed by atoms with van der Waals surface area (Å²) in [6.07, 6.45) is 1.39. The van der Waals surface area contributed by atoms with Crippen LogP contribution in [-0.4, -0.2) is 43.0 Å². The van der Waals surface area contributed by atoms with Gasteiger partial charge in [0, 0.05) is 48.7 Å². The van der Waals surface area contributed by atoms with E-state index in [1.165, 1.54) is 0 Å². The van der Waals surface area contributed by atoms with Crippen LogP contribution >= 0.6 is 0 Å². The number of nitrogens with one attached hydrogen (secondary N) is 2. The molecule has 1 aliphatic rings. The second-order valence-corrected chi connectivity index (χ2v) is 7.02. The Bertz CT molecular complexity index is 853. The van der Waals surface area contributed by atoms with Crippen LogP contribution in [0, 0.1) is 0 Å². The molecule has 2 N–H and O–H groups in total. The molecule has 2 aromatic rings. The maximum absolute atomic E-state index is 12.9. The zero-order valence-electron chi connectivity index (χ0n) is 17.1. The van der Waals surface area contributed by atoms with Crippen molar-refractivity contribution < 1.29 is 14.3 Å². The Balaban J connectivity index is 1.79. The third-order valence-corrected chi connectivity index (χ3v) is 4.91. The molecular formula is C23H29N3O3. The Labute approximate surface area is 172 Å². The van der Waals surface area contributed by atoms with Gasteiger partial charge in [0.25, 0.3) is 11.8 Å². The van der Waals surface area contributed by atoms with Crippen LogP contribution in [0.2, 0.25) is 0 Å². The lowest BCUT2D eigenvalue weighted by atomic mass is 10.1. The van der Waals surface area contributed by atoms with Crippen molar-refractivity contribution in [2.24, 2.45) is 0 Å². The SMILES string of the molecule is CCCNC(=O)c1cccc(N[C@H]2c3ccccc3C(=O)N2CCCOCC)c1. The van der Waals surface area contributed by atoms with E-state index in [1.807, 2.05) is 61.2 Å². The van der Waals surface area contributed by atoms with Gasteiger partial charge in [0.15, 0.2) is 0 Å². The molecule has 0 fully saturated rings. The largest absolute Gasteiger partial charge is 0.382 e. The van der Waals surface area contributed by atoms with Gasteiger partial charge < -0.3 is 20.3 Å². The van der Waals surface area contributed by atoms with Crippen molar-refractivity contribution in [3.63, 3.8) is 0 Å². The zero-order chi connectivity index (χ0) is 20.6. The fourth-order valence-electron chi connectivity index (χ4n) is 3.49. The number of amides is 2. The van der Waals surface area contributed by atoms with E-state index in [0.717, 1.165) is 29.7 Å². The molecule has 0 aromatic heterocycles. The summed E-state index contributed by atoms with van der Waals surface area (Å²) in [7, 11) is 0. The summed E-state index contributed by atoms with van der Waals surface area (Å²) in [6, 6.07) is 15.1. The van der Waals surface area contributed by atoms with Gasteiger partial charge in [-0.15, -0.1) is 0 Å². The highest BCUT2D eigenvalue weighted by Gasteiger charge is 2.36. The predicted molar refractivity (Wildman–Crippen MR) is 114 cm³/mol. The van der Waals surface area contributed by atoms with Gasteiger partial charge in [-0.05, 0) is 44.0 Å². The van der Waals surface area contributed by atoms with Crippen LogP contribution in [0.5, 0.6) is 0 Å². The van der Waals surface area contributed by atoms with Crippen LogP contribution in [0.1, 0.15) is 59.1 Å². The molecular weight excluding hydrogens is 366 g/mol. The van der Waals surface area contributed by atoms with E-state index in [9.17, 15) is 9.59 Å². The molecule has 154 valence electrons. The first-order valence-electron chi connectivity index (χ1n) is 10.3. The van der Waals surface area contributed by atoms with Crippen molar-refractivity contribution in [2.45, 2.75) is 32.9 Å². The number of anilines is 1. The molecule has 6 nitrogen and oxygen atoms in total. The number of carbonyl (C=O) groups excluding carboxylic acids is 2. The van der Waals surface area contributed by atoms with Gasteiger partial charge >= 0.3 is 0 Å². The minimum Gasteiger partial charge on any atom is -0.382 e. The normalized spacial score (nSPS) is 15.3. The molecule has 2 aromatic carbocycles. The molecule has 0 radical (unpaired) electrons. The zero-order valence-corrected chi connectivity index (χ0v) is 17.1. The Morgan fingerprint density at radius 2 is 1.97 bits per heavy atom. The summed E-state index contributed by atoms with van der Waals surface area (Å²) >= 11 is 0. The average molecular weight is 396 g/mol. The smallest absolute Gasteiger partial charge is 0.256 e. The summed E-state index contributed by atoms with van der Waals surface area (Å²) in [5.41, 5.74) is 3.08. The summed E-state index contributed by atoms with van der Waals surface area (Å²) in [6.45, 7) is 6.52. The van der Waals surface area contributed by atoms with Gasteiger partial charge in [-0.25, -0.2) is 0 Å². The van der Waals surface area contributed by atoms with Crippen LogP contribution in [0.4, 0.5) is 5.69 Å². The molecule has 0 spiro atoms. The topological polar surface area (TPSA) is 70.7 Å². The highest BCUT2D eigenvalue weighted by atomic mass is 16.5. The van der Waals surface area contributed by atoms with E-state index in [0.29, 0.717) is 31.9 Å². The molecule has 0 unspecified atom stereocenters. The maximum Gasteiger partial charge on any atom is 0.256 e. The third-order valence-electron chi connectivity index (χ3n) is 4.91. The predicted octanol–water partition coefficient (Wildman–Crippen LogP) is 3.82. The molecule has 0 bridgehead atoms. The number of benzene rings is 2. The van der Waals surface area contributed by atoms with E-state index in [2.05, 4.69) is 10.6 Å². The van der Waals surface area contributed by atoms with Crippen LogP contribution < -0.4 is 10.6 Å². The van der Waals surface area contributed by atoms with Crippen LogP contribution in [0.25, 0.3) is 0 Å². The van der Waals surface area contributed by atoms with Crippen LogP contribution in [0.3, 0.4) is 0 Å². The molecule has 2 amide bonds. The second kappa shape index (κ2) is 10.1. The molecule has 29 heavy (non-hydrogen) atoms. The molecule has 3 rings (SSSR count). The lowest BCUT2D eigenvalue weighted by Gasteiger charge is -2.27. The quantitative estimate of drug-likeness (QED) is 0.600. The number of carbonyl (C=O) groups is 2. The van der Waals surface area contributed by atoms with Gasteiger partial charge in [0.05, 0.1) is 0 Å². The van der Waals surface area contributed by atoms with Crippen molar-refractivity contribution in [3.8, 4) is 0 Å². The van der Waals surface area contributed by atoms with E-state index in [-0.39, 0.29) is 18.0 Å². The molecule has 0 saturated heterocycles. The molecule has 0 aliphatic carbocycles. The Morgan fingerprint density at radius 1 is 1.14 bits per heavy atom. The van der Waals surface area contributed by atoms with E-state index in [4.69, 9.17) is 4.74 Å². The first kappa shape index (κ1) is 20.9. The maximum atomic E-state index is 12.9. The average Bonchev–Trinajstić information content (AvgIpc) is 3.01. The van der Waals surface area contributed by atoms with E-state index >= 15 is 0 Å². The lowest BCUT2D eigenvalue weighted by molar-refractivity contribution is 0.0708. The Morgan fingerprint density at radius 3 is 2.76 bits per heavy atom. The number of fused-ring (bicyclic) bond motifs is 1. The monoisotopic (exact) mass is 395 g/mol. The second-order valence-electron chi connectivity index (χ2n) is 7.02. The van der Waals surface area contributed by atoms with Crippen molar-refractivity contribution >= 4 is 17.5 Å². The third kappa shape index (κ3) is 4.95. The van der Waals surface area contributed by atoms with Gasteiger partial charge in [-0.2, -0.15) is 0 Å². The van der Waals surface area contributed by atoms with Crippen molar-refractivity contribution in [2.75, 3.05) is 31.6 Å². The van der Waals surface area contributed by atoms with Crippen molar-refractivity contribution in [1.29, 1.82) is 0 Å². The molecule has 1 heterocycles. The van der Waals surface area contributed by atoms with Gasteiger partial charge in [-0.1, -0.05) is 31.2 Å². The van der Waals surface area contributed by atoms with Gasteiger partial charge in [-0.3, -0.25) is 9.59 Å². The van der Waals surface area contributed by atoms with E-state index < -0.39 is 0 Å². The number of nitrogens with zero attached hydrogens (tertiary/aromatic N) is 1. The summed E-state index contributed by atoms with van der Waals surface area (Å²) in [5.74, 6) is -0.0709. The minimum atomic E-state index is -0.269. The Kier molecular flexibility index (Phi) is 7.25. The molecule has 1 atom stereocenters. The number of ether oxygens (including phenoxy) is 1. The van der Waals surface area contributed by atoms with Gasteiger partial charge in [0.1, 0.15) is 6.17 Å². The minimum absolute atomic E-state index is 0.0199. The first-order valence-corrected chi connectivity index (χ1v) is 10.3. The summed E-state index contributed by atoms with van der Waals surface area (Å²) in [4.78, 5) is 27.1. The Hall–Kier alpha value is -2.86. The number of hydrogen-bond donors (Lipinski definition) is 2. The van der Waals surface area contributed by atoms with E-state index in [1.54, 1.807) is 6.07 Å². The lowest BCUT2D eigenvalue weighted by Crippen LogP contribution is -2.33. The summed E-state index contributed by atoms with van der Waals surface area (Å²) in [5, 5.41) is 6.35.